The fraction of sp³-hybridized carbons (Fsp3) is 0. The van der Waals surface area contributed by atoms with E-state index in [4.69, 9.17) is 5.84 Å². The number of anilines is 2. The number of hydrogen-bond acceptors (Lipinski definition) is 5. The number of rotatable bonds is 4. The zero-order valence-electron chi connectivity index (χ0n) is 9.97. The number of para-hydroxylation sites is 1. The Morgan fingerprint density at radius 2 is 2.00 bits per heavy atom. The van der Waals surface area contributed by atoms with Crippen LogP contribution < -0.4 is 16.0 Å². The van der Waals surface area contributed by atoms with Gasteiger partial charge in [-0.15, -0.1) is 0 Å². The van der Waals surface area contributed by atoms with Crippen LogP contribution in [0.1, 0.15) is 0 Å². The maximum atomic E-state index is 13.7. The molecule has 2 aromatic rings. The smallest absolute Gasteiger partial charge is 0.281 e. The van der Waals surface area contributed by atoms with Gasteiger partial charge in [-0.1, -0.05) is 6.07 Å². The molecule has 0 aliphatic heterocycles. The Kier molecular flexibility index (Phi) is 4.21. The molecule has 0 saturated carbocycles. The molecule has 6 nitrogen and oxygen atoms in total. The van der Waals surface area contributed by atoms with Gasteiger partial charge in [0.25, 0.3) is 10.0 Å². The average Bonchev–Trinajstić information content (AvgIpc) is 2.43. The van der Waals surface area contributed by atoms with Crippen molar-refractivity contribution in [1.29, 1.82) is 0 Å². The van der Waals surface area contributed by atoms with Crippen molar-refractivity contribution < 1.29 is 12.8 Å². The lowest BCUT2D eigenvalue weighted by atomic mass is 10.3. The molecule has 0 aliphatic carbocycles. The normalized spacial score (nSPS) is 11.2. The molecule has 0 saturated heterocycles. The SMILES string of the molecule is NNc1cccnc1S(=O)(=O)Nc1c(F)cccc1Br. The van der Waals surface area contributed by atoms with Crippen LogP contribution in [-0.4, -0.2) is 13.4 Å². The van der Waals surface area contributed by atoms with E-state index in [0.717, 1.165) is 6.07 Å². The molecule has 4 N–H and O–H groups in total. The van der Waals surface area contributed by atoms with E-state index in [9.17, 15) is 12.8 Å². The maximum absolute atomic E-state index is 13.7. The molecule has 20 heavy (non-hydrogen) atoms. The lowest BCUT2D eigenvalue weighted by Crippen LogP contribution is -2.19. The number of hydrazine groups is 1. The largest absolute Gasteiger partial charge is 0.321 e. The number of nitrogens with zero attached hydrogens (tertiary/aromatic N) is 1. The summed E-state index contributed by atoms with van der Waals surface area (Å²) in [5, 5.41) is -0.322. The molecule has 0 unspecified atom stereocenters. The molecule has 9 heteroatoms. The first-order chi connectivity index (χ1) is 9.45. The van der Waals surface area contributed by atoms with Crippen LogP contribution in [0.25, 0.3) is 0 Å². The lowest BCUT2D eigenvalue weighted by Gasteiger charge is -2.12. The predicted octanol–water partition coefficient (Wildman–Crippen LogP) is 2.07. The molecule has 106 valence electrons. The minimum absolute atomic E-state index is 0.104. The zero-order chi connectivity index (χ0) is 14.8. The van der Waals surface area contributed by atoms with Gasteiger partial charge in [0.2, 0.25) is 5.03 Å². The monoisotopic (exact) mass is 360 g/mol. The van der Waals surface area contributed by atoms with E-state index in [1.165, 1.54) is 30.5 Å². The van der Waals surface area contributed by atoms with Gasteiger partial charge in [-0.3, -0.25) is 10.6 Å². The molecule has 0 fully saturated rings. The molecular formula is C11H10BrFN4O2S. The number of nitrogen functional groups attached to an aromatic ring is 1. The summed E-state index contributed by atoms with van der Waals surface area (Å²) in [7, 11) is -4.07. The van der Waals surface area contributed by atoms with Gasteiger partial charge in [0.1, 0.15) is 5.82 Å². The van der Waals surface area contributed by atoms with Gasteiger partial charge in [0.15, 0.2) is 0 Å². The van der Waals surface area contributed by atoms with Crippen molar-refractivity contribution in [2.45, 2.75) is 5.03 Å². The molecule has 0 aliphatic rings. The Labute approximate surface area is 123 Å². The Morgan fingerprint density at radius 3 is 2.65 bits per heavy atom. The number of aromatic nitrogens is 1. The quantitative estimate of drug-likeness (QED) is 0.572. The summed E-state index contributed by atoms with van der Waals surface area (Å²) in [5.41, 5.74) is 2.14. The number of sulfonamides is 1. The predicted molar refractivity (Wildman–Crippen MR) is 77.0 cm³/mol. The van der Waals surface area contributed by atoms with E-state index in [2.05, 4.69) is 31.1 Å². The van der Waals surface area contributed by atoms with E-state index in [1.54, 1.807) is 0 Å². The second-order valence-electron chi connectivity index (χ2n) is 3.70. The summed E-state index contributed by atoms with van der Waals surface area (Å²) < 4.78 is 40.5. The topological polar surface area (TPSA) is 97.1 Å². The first kappa shape index (κ1) is 14.7. The van der Waals surface area contributed by atoms with Gasteiger partial charge in [-0.05, 0) is 40.2 Å². The highest BCUT2D eigenvalue weighted by atomic mass is 79.9. The van der Waals surface area contributed by atoms with Gasteiger partial charge >= 0.3 is 0 Å². The highest BCUT2D eigenvalue weighted by Gasteiger charge is 2.22. The Balaban J connectivity index is 2.47. The number of pyridine rings is 1. The van der Waals surface area contributed by atoms with E-state index < -0.39 is 15.8 Å². The Bertz CT molecular complexity index is 719. The van der Waals surface area contributed by atoms with Gasteiger partial charge in [0, 0.05) is 10.7 Å². The van der Waals surface area contributed by atoms with Gasteiger partial charge < -0.3 is 5.43 Å². The summed E-state index contributed by atoms with van der Waals surface area (Å²) in [6.07, 6.45) is 1.30. The van der Waals surface area contributed by atoms with Crippen LogP contribution in [0.5, 0.6) is 0 Å². The highest BCUT2D eigenvalue weighted by molar-refractivity contribution is 9.10. The fourth-order valence-corrected chi connectivity index (χ4v) is 3.25. The molecule has 0 radical (unpaired) electrons. The summed E-state index contributed by atoms with van der Waals surface area (Å²) >= 11 is 3.08. The third-order valence-corrected chi connectivity index (χ3v) is 4.35. The maximum Gasteiger partial charge on any atom is 0.281 e. The molecule has 0 spiro atoms. The second-order valence-corrected chi connectivity index (χ2v) is 6.15. The standard InChI is InChI=1S/C11H10BrFN4O2S/c12-7-3-1-4-8(13)10(7)17-20(18,19)11-9(16-14)5-2-6-15-11/h1-6,16-17H,14H2. The number of benzene rings is 1. The van der Waals surface area contributed by atoms with Crippen molar-refractivity contribution in [3.63, 3.8) is 0 Å². The average molecular weight is 361 g/mol. The number of hydrogen-bond donors (Lipinski definition) is 3. The van der Waals surface area contributed by atoms with Crippen LogP contribution in [0.3, 0.4) is 0 Å². The van der Waals surface area contributed by atoms with Crippen molar-refractivity contribution in [1.82, 2.24) is 4.98 Å². The number of nitrogens with one attached hydrogen (secondary N) is 2. The fourth-order valence-electron chi connectivity index (χ4n) is 1.49. The van der Waals surface area contributed by atoms with Gasteiger partial charge in [-0.2, -0.15) is 8.42 Å². The van der Waals surface area contributed by atoms with Crippen LogP contribution >= 0.6 is 15.9 Å². The molecule has 1 aromatic heterocycles. The molecule has 0 amide bonds. The van der Waals surface area contributed by atoms with Crippen molar-refractivity contribution in [3.8, 4) is 0 Å². The van der Waals surface area contributed by atoms with Crippen molar-refractivity contribution in [2.24, 2.45) is 5.84 Å². The molecule has 1 aromatic carbocycles. The first-order valence-electron chi connectivity index (χ1n) is 5.34. The van der Waals surface area contributed by atoms with Crippen LogP contribution in [-0.2, 0) is 10.0 Å². The Hall–Kier alpha value is -1.71. The van der Waals surface area contributed by atoms with Gasteiger partial charge in [0.05, 0.1) is 11.4 Å². The lowest BCUT2D eigenvalue weighted by molar-refractivity contribution is 0.595. The zero-order valence-corrected chi connectivity index (χ0v) is 12.4. The van der Waals surface area contributed by atoms with E-state index in [-0.39, 0.29) is 20.9 Å². The van der Waals surface area contributed by atoms with Crippen molar-refractivity contribution in [3.05, 3.63) is 46.8 Å². The van der Waals surface area contributed by atoms with Crippen molar-refractivity contribution >= 4 is 37.3 Å². The first-order valence-corrected chi connectivity index (χ1v) is 7.62. The molecule has 1 heterocycles. The molecule has 0 bridgehead atoms. The minimum atomic E-state index is -4.07. The van der Waals surface area contributed by atoms with Crippen LogP contribution in [0, 0.1) is 5.82 Å². The summed E-state index contributed by atoms with van der Waals surface area (Å²) in [6, 6.07) is 7.07. The van der Waals surface area contributed by atoms with Crippen LogP contribution in [0.2, 0.25) is 0 Å². The molecule has 0 atom stereocenters. The van der Waals surface area contributed by atoms with E-state index >= 15 is 0 Å². The second kappa shape index (κ2) is 5.73. The third-order valence-electron chi connectivity index (χ3n) is 2.38. The summed E-state index contributed by atoms with van der Waals surface area (Å²) in [6.45, 7) is 0. The van der Waals surface area contributed by atoms with E-state index in [0.29, 0.717) is 0 Å². The highest BCUT2D eigenvalue weighted by Crippen LogP contribution is 2.28. The van der Waals surface area contributed by atoms with Crippen LogP contribution in [0.15, 0.2) is 46.0 Å². The van der Waals surface area contributed by atoms with Crippen molar-refractivity contribution in [2.75, 3.05) is 10.1 Å². The van der Waals surface area contributed by atoms with E-state index in [1.807, 2.05) is 0 Å². The Morgan fingerprint density at radius 1 is 1.25 bits per heavy atom. The molecular weight excluding hydrogens is 351 g/mol. The number of halogens is 2. The van der Waals surface area contributed by atoms with Gasteiger partial charge in [-0.25, -0.2) is 9.37 Å². The van der Waals surface area contributed by atoms with Crippen LogP contribution in [0.4, 0.5) is 15.8 Å². The number of nitrogens with two attached hydrogens (primary N) is 1. The summed E-state index contributed by atoms with van der Waals surface area (Å²) in [4.78, 5) is 3.75. The minimum Gasteiger partial charge on any atom is -0.321 e. The summed E-state index contributed by atoms with van der Waals surface area (Å²) in [5.74, 6) is 4.53. The third kappa shape index (κ3) is 2.89. The molecule has 2 rings (SSSR count).